The van der Waals surface area contributed by atoms with E-state index in [9.17, 15) is 9.59 Å². The number of H-pyrrole nitrogens is 1. The van der Waals surface area contributed by atoms with Gasteiger partial charge >= 0.3 is 0 Å². The third kappa shape index (κ3) is 5.90. The van der Waals surface area contributed by atoms with Gasteiger partial charge in [0.2, 0.25) is 11.7 Å². The zero-order valence-corrected chi connectivity index (χ0v) is 12.8. The molecule has 21 heavy (non-hydrogen) atoms. The van der Waals surface area contributed by atoms with Gasteiger partial charge in [0.05, 0.1) is 6.54 Å². The molecule has 0 aliphatic carbocycles. The number of methoxy groups -OCH3 is 1. The number of hydrogen-bond donors (Lipinski definition) is 2. The molecule has 0 aliphatic heterocycles. The number of nitrogens with zero attached hydrogens (tertiary/aromatic N) is 3. The minimum Gasteiger partial charge on any atom is -0.385 e. The van der Waals surface area contributed by atoms with Gasteiger partial charge in [0.1, 0.15) is 5.82 Å². The van der Waals surface area contributed by atoms with Crippen LogP contribution < -0.4 is 5.32 Å². The van der Waals surface area contributed by atoms with Crippen LogP contribution in [0.4, 0.5) is 0 Å². The molecule has 0 saturated carbocycles. The molecule has 0 spiro atoms. The highest BCUT2D eigenvalue weighted by molar-refractivity contribution is 5.93. The number of carbonyl (C=O) groups is 2. The van der Waals surface area contributed by atoms with Gasteiger partial charge in [0.15, 0.2) is 0 Å². The second kappa shape index (κ2) is 9.06. The van der Waals surface area contributed by atoms with Crippen molar-refractivity contribution in [3.63, 3.8) is 0 Å². The summed E-state index contributed by atoms with van der Waals surface area (Å²) in [6.45, 7) is 3.11. The number of amides is 2. The van der Waals surface area contributed by atoms with E-state index < -0.39 is 0 Å². The first-order chi connectivity index (χ1) is 10.1. The lowest BCUT2D eigenvalue weighted by Crippen LogP contribution is -2.39. The minimum absolute atomic E-state index is 0.0243. The fraction of sp³-hybridized carbons (Fsp3) is 0.692. The van der Waals surface area contributed by atoms with Crippen molar-refractivity contribution in [3.05, 3.63) is 11.6 Å². The molecule has 0 atom stereocenters. The predicted molar refractivity (Wildman–Crippen MR) is 76.8 cm³/mol. The maximum atomic E-state index is 12.1. The Kier molecular flexibility index (Phi) is 7.38. The Bertz CT molecular complexity index is 460. The van der Waals surface area contributed by atoms with Crippen LogP contribution in [0.15, 0.2) is 0 Å². The first-order valence-corrected chi connectivity index (χ1v) is 7.00. The lowest BCUT2D eigenvalue weighted by molar-refractivity contribution is -0.121. The molecule has 118 valence electrons. The van der Waals surface area contributed by atoms with Crippen molar-refractivity contribution in [2.75, 3.05) is 33.9 Å². The summed E-state index contributed by atoms with van der Waals surface area (Å²) in [6, 6.07) is 0. The fourth-order valence-electron chi connectivity index (χ4n) is 1.70. The van der Waals surface area contributed by atoms with Crippen LogP contribution in [0.25, 0.3) is 0 Å². The van der Waals surface area contributed by atoms with Gasteiger partial charge in [-0.25, -0.2) is 4.98 Å². The van der Waals surface area contributed by atoms with Gasteiger partial charge < -0.3 is 15.0 Å². The van der Waals surface area contributed by atoms with Crippen molar-refractivity contribution in [2.24, 2.45) is 0 Å². The van der Waals surface area contributed by atoms with Crippen molar-refractivity contribution >= 4 is 11.8 Å². The SMILES string of the molecule is CCCc1nc(C(=O)N(C)CC(=O)NCCCOC)n[nH]1. The molecule has 0 bridgehead atoms. The number of aromatic amines is 1. The van der Waals surface area contributed by atoms with Crippen molar-refractivity contribution in [1.82, 2.24) is 25.4 Å². The normalized spacial score (nSPS) is 10.4. The van der Waals surface area contributed by atoms with E-state index in [1.54, 1.807) is 14.2 Å². The molecule has 1 aromatic heterocycles. The van der Waals surface area contributed by atoms with E-state index in [1.165, 1.54) is 4.90 Å². The van der Waals surface area contributed by atoms with Crippen LogP contribution in [0, 0.1) is 0 Å². The van der Waals surface area contributed by atoms with Crippen molar-refractivity contribution < 1.29 is 14.3 Å². The summed E-state index contributed by atoms with van der Waals surface area (Å²) in [4.78, 5) is 29.1. The van der Waals surface area contributed by atoms with E-state index in [4.69, 9.17) is 4.74 Å². The predicted octanol–water partition coefficient (Wildman–Crippen LogP) is -0.0181. The zero-order chi connectivity index (χ0) is 15.7. The Morgan fingerprint density at radius 1 is 1.43 bits per heavy atom. The Labute approximate surface area is 124 Å². The first-order valence-electron chi connectivity index (χ1n) is 7.00. The van der Waals surface area contributed by atoms with E-state index >= 15 is 0 Å². The van der Waals surface area contributed by atoms with E-state index in [1.807, 2.05) is 6.92 Å². The molecule has 0 unspecified atom stereocenters. The number of hydrogen-bond acceptors (Lipinski definition) is 5. The highest BCUT2D eigenvalue weighted by Gasteiger charge is 2.19. The highest BCUT2D eigenvalue weighted by atomic mass is 16.5. The monoisotopic (exact) mass is 297 g/mol. The summed E-state index contributed by atoms with van der Waals surface area (Å²) < 4.78 is 4.89. The fourth-order valence-corrected chi connectivity index (χ4v) is 1.70. The molecule has 0 aliphatic rings. The molecular weight excluding hydrogens is 274 g/mol. The maximum Gasteiger partial charge on any atom is 0.293 e. The van der Waals surface area contributed by atoms with Crippen LogP contribution in [-0.4, -0.2) is 65.7 Å². The van der Waals surface area contributed by atoms with Gasteiger partial charge in [-0.15, -0.1) is 5.10 Å². The molecule has 2 N–H and O–H groups in total. The number of likely N-dealkylation sites (N-methyl/N-ethyl adjacent to an activating group) is 1. The lowest BCUT2D eigenvalue weighted by Gasteiger charge is -2.14. The molecule has 2 amide bonds. The Balaban J connectivity index is 2.40. The van der Waals surface area contributed by atoms with Crippen LogP contribution in [-0.2, 0) is 16.0 Å². The molecule has 1 aromatic rings. The second-order valence-corrected chi connectivity index (χ2v) is 4.71. The van der Waals surface area contributed by atoms with E-state index in [-0.39, 0.29) is 24.2 Å². The summed E-state index contributed by atoms with van der Waals surface area (Å²) in [5, 5.41) is 9.31. The molecule has 0 saturated heterocycles. The minimum atomic E-state index is -0.374. The van der Waals surface area contributed by atoms with Crippen LogP contribution in [0.1, 0.15) is 36.2 Å². The number of rotatable bonds is 9. The number of carbonyl (C=O) groups excluding carboxylic acids is 2. The third-order valence-electron chi connectivity index (χ3n) is 2.78. The Morgan fingerprint density at radius 2 is 2.19 bits per heavy atom. The number of ether oxygens (including phenoxy) is 1. The van der Waals surface area contributed by atoms with Gasteiger partial charge in [-0.05, 0) is 12.8 Å². The third-order valence-corrected chi connectivity index (χ3v) is 2.78. The van der Waals surface area contributed by atoms with E-state index in [0.29, 0.717) is 19.0 Å². The maximum absolute atomic E-state index is 12.1. The topological polar surface area (TPSA) is 100 Å². The van der Waals surface area contributed by atoms with Gasteiger partial charge in [-0.1, -0.05) is 6.92 Å². The molecule has 8 heteroatoms. The largest absolute Gasteiger partial charge is 0.385 e. The average molecular weight is 297 g/mol. The highest BCUT2D eigenvalue weighted by Crippen LogP contribution is 2.00. The van der Waals surface area contributed by atoms with Crippen LogP contribution >= 0.6 is 0 Å². The van der Waals surface area contributed by atoms with Crippen molar-refractivity contribution in [2.45, 2.75) is 26.2 Å². The Hall–Kier alpha value is -1.96. The van der Waals surface area contributed by atoms with E-state index in [2.05, 4.69) is 20.5 Å². The molecular formula is C13H23N5O3. The summed E-state index contributed by atoms with van der Waals surface area (Å²) in [6.07, 6.45) is 2.40. The smallest absolute Gasteiger partial charge is 0.293 e. The number of aryl methyl sites for hydroxylation is 1. The molecule has 8 nitrogen and oxygen atoms in total. The standard InChI is InChI=1S/C13H23N5O3/c1-4-6-10-15-12(17-16-10)13(20)18(2)9-11(19)14-7-5-8-21-3/h4-9H2,1-3H3,(H,14,19)(H,15,16,17). The zero-order valence-electron chi connectivity index (χ0n) is 12.8. The molecule has 0 radical (unpaired) electrons. The molecule has 1 rings (SSSR count). The van der Waals surface area contributed by atoms with Gasteiger partial charge in [0.25, 0.3) is 5.91 Å². The van der Waals surface area contributed by atoms with E-state index in [0.717, 1.165) is 19.3 Å². The van der Waals surface area contributed by atoms with Gasteiger partial charge in [0, 0.05) is 33.7 Å². The van der Waals surface area contributed by atoms with Crippen molar-refractivity contribution in [1.29, 1.82) is 0 Å². The van der Waals surface area contributed by atoms with Gasteiger partial charge in [-0.3, -0.25) is 14.7 Å². The number of aromatic nitrogens is 3. The lowest BCUT2D eigenvalue weighted by atomic mass is 10.3. The van der Waals surface area contributed by atoms with Crippen LogP contribution in [0.5, 0.6) is 0 Å². The average Bonchev–Trinajstić information content (AvgIpc) is 2.91. The summed E-state index contributed by atoms with van der Waals surface area (Å²) in [5.41, 5.74) is 0. The quantitative estimate of drug-likeness (QED) is 0.624. The molecule has 0 fully saturated rings. The number of nitrogens with one attached hydrogen (secondary N) is 2. The van der Waals surface area contributed by atoms with Crippen LogP contribution in [0.3, 0.4) is 0 Å². The second-order valence-electron chi connectivity index (χ2n) is 4.71. The Morgan fingerprint density at radius 3 is 2.86 bits per heavy atom. The van der Waals surface area contributed by atoms with Gasteiger partial charge in [-0.2, -0.15) is 0 Å². The molecule has 0 aromatic carbocycles. The summed E-state index contributed by atoms with van der Waals surface area (Å²) in [5.74, 6) is 0.179. The first kappa shape index (κ1) is 17.1. The van der Waals surface area contributed by atoms with Crippen molar-refractivity contribution in [3.8, 4) is 0 Å². The van der Waals surface area contributed by atoms with Crippen LogP contribution in [0.2, 0.25) is 0 Å². The summed E-state index contributed by atoms with van der Waals surface area (Å²) in [7, 11) is 3.16. The summed E-state index contributed by atoms with van der Waals surface area (Å²) >= 11 is 0. The molecule has 1 heterocycles.